The second-order valence-electron chi connectivity index (χ2n) is 6.11. The Kier molecular flexibility index (Phi) is 5.07. The molecule has 1 atom stereocenters. The summed E-state index contributed by atoms with van der Waals surface area (Å²) in [6.07, 6.45) is 0.948. The number of morpholine rings is 1. The first-order valence-corrected chi connectivity index (χ1v) is 8.32. The fourth-order valence-electron chi connectivity index (χ4n) is 3.12. The third-order valence-corrected chi connectivity index (χ3v) is 4.37. The molecule has 1 N–H and O–H groups in total. The molecule has 2 aliphatic rings. The lowest BCUT2D eigenvalue weighted by Gasteiger charge is -2.26. The van der Waals surface area contributed by atoms with E-state index in [1.165, 1.54) is 0 Å². The van der Waals surface area contributed by atoms with Crippen LogP contribution < -0.4 is 10.2 Å². The quantitative estimate of drug-likeness (QED) is 0.856. The van der Waals surface area contributed by atoms with Gasteiger partial charge in [0.1, 0.15) is 17.7 Å². The van der Waals surface area contributed by atoms with Gasteiger partial charge in [0.05, 0.1) is 12.3 Å². The molecule has 2 fully saturated rings. The molecule has 0 aromatic carbocycles. The molecule has 0 bridgehead atoms. The van der Waals surface area contributed by atoms with Crippen molar-refractivity contribution < 1.29 is 9.53 Å². The van der Waals surface area contributed by atoms with E-state index in [0.29, 0.717) is 6.61 Å². The highest BCUT2D eigenvalue weighted by Gasteiger charge is 2.22. The van der Waals surface area contributed by atoms with Gasteiger partial charge in [-0.15, -0.1) is 0 Å². The van der Waals surface area contributed by atoms with Gasteiger partial charge in [-0.05, 0) is 13.3 Å². The maximum atomic E-state index is 11.6. The van der Waals surface area contributed by atoms with E-state index in [9.17, 15) is 4.79 Å². The lowest BCUT2D eigenvalue weighted by atomic mass is 10.2. The van der Waals surface area contributed by atoms with Crippen LogP contribution in [0.3, 0.4) is 0 Å². The number of hydrogen-bond donors (Lipinski definition) is 1. The van der Waals surface area contributed by atoms with Crippen molar-refractivity contribution in [2.45, 2.75) is 26.4 Å². The maximum absolute atomic E-state index is 11.6. The molecule has 3 heterocycles. The van der Waals surface area contributed by atoms with E-state index in [-0.39, 0.29) is 12.0 Å². The van der Waals surface area contributed by atoms with Crippen LogP contribution in [-0.2, 0) is 9.53 Å². The van der Waals surface area contributed by atoms with E-state index in [4.69, 9.17) is 4.74 Å². The number of carbonyl (C=O) groups is 1. The summed E-state index contributed by atoms with van der Waals surface area (Å²) >= 11 is 0. The van der Waals surface area contributed by atoms with Crippen molar-refractivity contribution in [3.63, 3.8) is 0 Å². The number of anilines is 1. The highest BCUT2D eigenvalue weighted by Crippen LogP contribution is 2.22. The summed E-state index contributed by atoms with van der Waals surface area (Å²) in [7, 11) is 0. The van der Waals surface area contributed by atoms with E-state index >= 15 is 0 Å². The minimum Gasteiger partial charge on any atom is -0.369 e. The summed E-state index contributed by atoms with van der Waals surface area (Å²) in [5.41, 5.74) is 0.937. The van der Waals surface area contributed by atoms with E-state index in [1.54, 1.807) is 6.92 Å². The van der Waals surface area contributed by atoms with E-state index in [0.717, 1.165) is 63.0 Å². The van der Waals surface area contributed by atoms with Gasteiger partial charge in [0.25, 0.3) is 0 Å². The normalized spacial score (nSPS) is 22.8. The molecule has 3 rings (SSSR count). The molecule has 2 saturated heterocycles. The Morgan fingerprint density at radius 2 is 2.17 bits per heavy atom. The smallest absolute Gasteiger partial charge is 0.219 e. The molecule has 0 spiro atoms. The van der Waals surface area contributed by atoms with Crippen molar-refractivity contribution in [2.75, 3.05) is 50.8 Å². The van der Waals surface area contributed by atoms with Crippen LogP contribution in [0.4, 0.5) is 5.82 Å². The fraction of sp³-hybridized carbons (Fsp3) is 0.688. The molecule has 0 saturated carbocycles. The average Bonchev–Trinajstić information content (AvgIpc) is 2.81. The monoisotopic (exact) mass is 319 g/mol. The van der Waals surface area contributed by atoms with Crippen LogP contribution in [0.25, 0.3) is 0 Å². The number of rotatable bonds is 2. The van der Waals surface area contributed by atoms with Gasteiger partial charge in [0.2, 0.25) is 5.91 Å². The second-order valence-corrected chi connectivity index (χ2v) is 6.11. The van der Waals surface area contributed by atoms with Gasteiger partial charge in [-0.2, -0.15) is 0 Å². The van der Waals surface area contributed by atoms with Crippen LogP contribution in [0, 0.1) is 6.92 Å². The van der Waals surface area contributed by atoms with Crippen molar-refractivity contribution in [1.29, 1.82) is 0 Å². The summed E-state index contributed by atoms with van der Waals surface area (Å²) < 4.78 is 5.81. The molecular formula is C16H25N5O2. The molecule has 0 aliphatic carbocycles. The van der Waals surface area contributed by atoms with E-state index in [2.05, 4.69) is 20.2 Å². The summed E-state index contributed by atoms with van der Waals surface area (Å²) in [6, 6.07) is 2.04. The predicted molar refractivity (Wildman–Crippen MR) is 87.4 cm³/mol. The molecule has 126 valence electrons. The molecule has 7 nitrogen and oxygen atoms in total. The SMILES string of the molecule is CC(=O)N1CCCN(c2cc([C@H]3CNCCO3)nc(C)n2)CC1. The summed E-state index contributed by atoms with van der Waals surface area (Å²) in [6.45, 7) is 9.21. The van der Waals surface area contributed by atoms with Gasteiger partial charge in [0.15, 0.2) is 0 Å². The maximum Gasteiger partial charge on any atom is 0.219 e. The van der Waals surface area contributed by atoms with Gasteiger partial charge >= 0.3 is 0 Å². The Hall–Kier alpha value is -1.73. The van der Waals surface area contributed by atoms with Gasteiger partial charge in [-0.1, -0.05) is 0 Å². The number of hydrogen-bond acceptors (Lipinski definition) is 6. The molecule has 2 aliphatic heterocycles. The second kappa shape index (κ2) is 7.23. The van der Waals surface area contributed by atoms with E-state index in [1.807, 2.05) is 17.9 Å². The van der Waals surface area contributed by atoms with E-state index < -0.39 is 0 Å². The molecular weight excluding hydrogens is 294 g/mol. The lowest BCUT2D eigenvalue weighted by molar-refractivity contribution is -0.128. The summed E-state index contributed by atoms with van der Waals surface area (Å²) in [5.74, 6) is 1.85. The van der Waals surface area contributed by atoms with Crippen LogP contribution in [-0.4, -0.2) is 66.7 Å². The Balaban J connectivity index is 1.76. The number of aryl methyl sites for hydroxylation is 1. The molecule has 0 unspecified atom stereocenters. The fourth-order valence-corrected chi connectivity index (χ4v) is 3.12. The Morgan fingerprint density at radius 3 is 2.91 bits per heavy atom. The molecule has 1 aromatic rings. The van der Waals surface area contributed by atoms with Crippen molar-refractivity contribution in [3.8, 4) is 0 Å². The highest BCUT2D eigenvalue weighted by atomic mass is 16.5. The zero-order valence-electron chi connectivity index (χ0n) is 13.9. The standard InChI is InChI=1S/C16H25N5O2/c1-12-18-14(15-11-17-4-9-23-15)10-16(19-12)21-6-3-5-20(7-8-21)13(2)22/h10,15,17H,3-9,11H2,1-2H3/t15-/m1/s1. The summed E-state index contributed by atoms with van der Waals surface area (Å²) in [5, 5.41) is 3.34. The highest BCUT2D eigenvalue weighted by molar-refractivity contribution is 5.73. The Morgan fingerprint density at radius 1 is 1.30 bits per heavy atom. The topological polar surface area (TPSA) is 70.6 Å². The number of carbonyl (C=O) groups excluding carboxylic acids is 1. The summed E-state index contributed by atoms with van der Waals surface area (Å²) in [4.78, 5) is 24.9. The lowest BCUT2D eigenvalue weighted by Crippen LogP contribution is -2.35. The minimum absolute atomic E-state index is 0.00936. The van der Waals surface area contributed by atoms with Crippen molar-refractivity contribution >= 4 is 11.7 Å². The van der Waals surface area contributed by atoms with Gasteiger partial charge in [-0.3, -0.25) is 4.79 Å². The number of nitrogens with zero attached hydrogens (tertiary/aromatic N) is 4. The van der Waals surface area contributed by atoms with Gasteiger partial charge in [0, 0.05) is 52.3 Å². The largest absolute Gasteiger partial charge is 0.369 e. The first kappa shape index (κ1) is 16.1. The van der Waals surface area contributed by atoms with Crippen molar-refractivity contribution in [1.82, 2.24) is 20.2 Å². The number of nitrogens with one attached hydrogen (secondary N) is 1. The Labute approximate surface area is 137 Å². The zero-order valence-corrected chi connectivity index (χ0v) is 13.9. The molecule has 1 aromatic heterocycles. The zero-order chi connectivity index (χ0) is 16.2. The first-order valence-electron chi connectivity index (χ1n) is 8.32. The Bertz CT molecular complexity index is 559. The van der Waals surface area contributed by atoms with Gasteiger partial charge < -0.3 is 19.9 Å². The molecule has 7 heteroatoms. The van der Waals surface area contributed by atoms with Crippen LogP contribution in [0.15, 0.2) is 6.07 Å². The third kappa shape index (κ3) is 3.97. The molecule has 1 amide bonds. The van der Waals surface area contributed by atoms with Crippen LogP contribution in [0.1, 0.15) is 31.0 Å². The number of aromatic nitrogens is 2. The first-order chi connectivity index (χ1) is 11.1. The van der Waals surface area contributed by atoms with Gasteiger partial charge in [-0.25, -0.2) is 9.97 Å². The van der Waals surface area contributed by atoms with Crippen LogP contribution in [0.2, 0.25) is 0 Å². The van der Waals surface area contributed by atoms with Crippen LogP contribution >= 0.6 is 0 Å². The minimum atomic E-state index is -0.00936. The number of ether oxygens (including phenoxy) is 1. The third-order valence-electron chi connectivity index (χ3n) is 4.37. The number of amides is 1. The average molecular weight is 319 g/mol. The van der Waals surface area contributed by atoms with Crippen LogP contribution in [0.5, 0.6) is 0 Å². The van der Waals surface area contributed by atoms with Crippen molar-refractivity contribution in [3.05, 3.63) is 17.6 Å². The molecule has 0 radical (unpaired) electrons. The predicted octanol–water partition coefficient (Wildman–Crippen LogP) is 0.505. The van der Waals surface area contributed by atoms with Crippen molar-refractivity contribution in [2.24, 2.45) is 0 Å². The molecule has 23 heavy (non-hydrogen) atoms.